The van der Waals surface area contributed by atoms with Crippen LogP contribution in [0.4, 0.5) is 0 Å². The Hall–Kier alpha value is -1.78. The van der Waals surface area contributed by atoms with Crippen molar-refractivity contribution in [2.45, 2.75) is 29.8 Å². The lowest BCUT2D eigenvalue weighted by Crippen LogP contribution is -2.56. The van der Waals surface area contributed by atoms with Crippen LogP contribution in [0.3, 0.4) is 0 Å². The highest BCUT2D eigenvalue weighted by molar-refractivity contribution is 14.1. The molecule has 2 atom stereocenters. The molecule has 1 fully saturated rings. The van der Waals surface area contributed by atoms with E-state index in [1.54, 1.807) is 12.1 Å². The molecule has 174 valence electrons. The van der Waals surface area contributed by atoms with Gasteiger partial charge in [-0.1, -0.05) is 60.7 Å². The number of rotatable bonds is 9. The van der Waals surface area contributed by atoms with E-state index in [0.29, 0.717) is 23.9 Å². The van der Waals surface area contributed by atoms with E-state index in [4.69, 9.17) is 0 Å². The molecule has 0 spiro atoms. The van der Waals surface area contributed by atoms with Gasteiger partial charge in [-0.3, -0.25) is 4.90 Å². The van der Waals surface area contributed by atoms with Crippen molar-refractivity contribution >= 4 is 32.6 Å². The first-order chi connectivity index (χ1) is 16.0. The molecule has 0 radical (unpaired) electrons. The maximum absolute atomic E-state index is 13.2. The van der Waals surface area contributed by atoms with Gasteiger partial charge in [0.05, 0.1) is 4.90 Å². The second-order valence-electron chi connectivity index (χ2n) is 8.50. The van der Waals surface area contributed by atoms with Crippen molar-refractivity contribution in [2.24, 2.45) is 0 Å². The van der Waals surface area contributed by atoms with Gasteiger partial charge in [0.15, 0.2) is 0 Å². The number of piperazine rings is 1. The summed E-state index contributed by atoms with van der Waals surface area (Å²) in [6, 6.07) is 27.7. The quantitative estimate of drug-likeness (QED) is 0.383. The summed E-state index contributed by atoms with van der Waals surface area (Å²) in [5.74, 6) is 0. The standard InChI is InChI=1S/C26H30IN3O2S/c27-23-11-13-26(14-12-23)33(31,32)29-24(17-21-7-3-1-4-8-21)20-30-16-15-28-19-25(30)18-22-9-5-2-6-10-22/h1-14,24-25,28-29H,15-20H2/t24-,25-/m0/s1. The van der Waals surface area contributed by atoms with Gasteiger partial charge in [-0.2, -0.15) is 0 Å². The zero-order valence-corrected chi connectivity index (χ0v) is 21.5. The van der Waals surface area contributed by atoms with Gasteiger partial charge in [-0.25, -0.2) is 13.1 Å². The lowest BCUT2D eigenvalue weighted by atomic mass is 10.0. The average molecular weight is 576 g/mol. The van der Waals surface area contributed by atoms with Crippen LogP contribution in [0.5, 0.6) is 0 Å². The Morgan fingerprint density at radius 3 is 2.24 bits per heavy atom. The molecule has 0 aromatic heterocycles. The predicted octanol–water partition coefficient (Wildman–Crippen LogP) is 3.70. The molecular weight excluding hydrogens is 545 g/mol. The van der Waals surface area contributed by atoms with E-state index >= 15 is 0 Å². The summed E-state index contributed by atoms with van der Waals surface area (Å²) in [6.07, 6.45) is 1.59. The van der Waals surface area contributed by atoms with E-state index in [9.17, 15) is 8.42 Å². The van der Waals surface area contributed by atoms with Gasteiger partial charge < -0.3 is 5.32 Å². The van der Waals surface area contributed by atoms with Crippen LogP contribution in [0.2, 0.25) is 0 Å². The molecule has 4 rings (SSSR count). The number of sulfonamides is 1. The van der Waals surface area contributed by atoms with Crippen molar-refractivity contribution in [3.63, 3.8) is 0 Å². The summed E-state index contributed by atoms with van der Waals surface area (Å²) < 4.78 is 30.5. The zero-order valence-electron chi connectivity index (χ0n) is 18.5. The maximum Gasteiger partial charge on any atom is 0.240 e. The smallest absolute Gasteiger partial charge is 0.240 e. The van der Waals surface area contributed by atoms with Crippen LogP contribution >= 0.6 is 22.6 Å². The number of nitrogens with zero attached hydrogens (tertiary/aromatic N) is 1. The number of halogens is 1. The second-order valence-corrected chi connectivity index (χ2v) is 11.5. The number of nitrogens with one attached hydrogen (secondary N) is 2. The minimum Gasteiger partial charge on any atom is -0.314 e. The Balaban J connectivity index is 1.53. The maximum atomic E-state index is 13.2. The van der Waals surface area contributed by atoms with Crippen LogP contribution in [0.15, 0.2) is 89.8 Å². The number of hydrogen-bond acceptors (Lipinski definition) is 4. The third-order valence-corrected chi connectivity index (χ3v) is 8.27. The van der Waals surface area contributed by atoms with E-state index in [1.165, 1.54) is 5.56 Å². The molecule has 1 saturated heterocycles. The third-order valence-electron chi connectivity index (χ3n) is 6.01. The van der Waals surface area contributed by atoms with Gasteiger partial charge in [0.25, 0.3) is 0 Å². The molecule has 1 aliphatic heterocycles. The van der Waals surface area contributed by atoms with Crippen molar-refractivity contribution in [2.75, 3.05) is 26.2 Å². The molecule has 3 aromatic carbocycles. The molecule has 7 heteroatoms. The van der Waals surface area contributed by atoms with Crippen LogP contribution in [0.25, 0.3) is 0 Å². The summed E-state index contributed by atoms with van der Waals surface area (Å²) in [4.78, 5) is 2.75. The van der Waals surface area contributed by atoms with Crippen molar-refractivity contribution in [3.05, 3.63) is 99.6 Å². The van der Waals surface area contributed by atoms with E-state index in [0.717, 1.165) is 35.2 Å². The molecule has 0 saturated carbocycles. The van der Waals surface area contributed by atoms with Crippen molar-refractivity contribution in [1.82, 2.24) is 14.9 Å². The largest absolute Gasteiger partial charge is 0.314 e. The molecule has 0 unspecified atom stereocenters. The van der Waals surface area contributed by atoms with Crippen LogP contribution in [-0.2, 0) is 22.9 Å². The average Bonchev–Trinajstić information content (AvgIpc) is 2.82. The highest BCUT2D eigenvalue weighted by atomic mass is 127. The lowest BCUT2D eigenvalue weighted by Gasteiger charge is -2.38. The molecule has 0 bridgehead atoms. The van der Waals surface area contributed by atoms with E-state index < -0.39 is 10.0 Å². The molecule has 0 aliphatic carbocycles. The highest BCUT2D eigenvalue weighted by Crippen LogP contribution is 2.17. The molecule has 0 amide bonds. The Labute approximate surface area is 210 Å². The summed E-state index contributed by atoms with van der Waals surface area (Å²) in [7, 11) is -3.62. The lowest BCUT2D eigenvalue weighted by molar-refractivity contribution is 0.148. The zero-order chi connectivity index (χ0) is 23.1. The highest BCUT2D eigenvalue weighted by Gasteiger charge is 2.28. The topological polar surface area (TPSA) is 61.4 Å². The fourth-order valence-corrected chi connectivity index (χ4v) is 5.94. The summed E-state index contributed by atoms with van der Waals surface area (Å²) in [5, 5.41) is 3.51. The van der Waals surface area contributed by atoms with Gasteiger partial charge in [0.1, 0.15) is 0 Å². The van der Waals surface area contributed by atoms with Gasteiger partial charge in [-0.15, -0.1) is 0 Å². The molecule has 5 nitrogen and oxygen atoms in total. The Morgan fingerprint density at radius 2 is 1.58 bits per heavy atom. The van der Waals surface area contributed by atoms with Crippen LogP contribution in [0.1, 0.15) is 11.1 Å². The SMILES string of the molecule is O=S(=O)(N[C@@H](Cc1ccccc1)CN1CCNC[C@@H]1Cc1ccccc1)c1ccc(I)cc1. The third kappa shape index (κ3) is 7.10. The molecular formula is C26H30IN3O2S. The van der Waals surface area contributed by atoms with Gasteiger partial charge >= 0.3 is 0 Å². The molecule has 33 heavy (non-hydrogen) atoms. The minimum absolute atomic E-state index is 0.229. The van der Waals surface area contributed by atoms with Gasteiger partial charge in [0, 0.05) is 41.8 Å². The first-order valence-electron chi connectivity index (χ1n) is 11.3. The summed E-state index contributed by atoms with van der Waals surface area (Å²) in [6.45, 7) is 3.37. The van der Waals surface area contributed by atoms with Gasteiger partial charge in [-0.05, 0) is 70.8 Å². The van der Waals surface area contributed by atoms with Crippen LogP contribution < -0.4 is 10.0 Å². The summed E-state index contributed by atoms with van der Waals surface area (Å²) in [5.41, 5.74) is 2.43. The molecule has 2 N–H and O–H groups in total. The van der Waals surface area contributed by atoms with E-state index in [1.807, 2.05) is 36.4 Å². The first-order valence-corrected chi connectivity index (χ1v) is 13.9. The van der Waals surface area contributed by atoms with E-state index in [-0.39, 0.29) is 6.04 Å². The summed E-state index contributed by atoms with van der Waals surface area (Å²) >= 11 is 2.19. The van der Waals surface area contributed by atoms with Crippen LogP contribution in [0, 0.1) is 3.57 Å². The van der Waals surface area contributed by atoms with Crippen molar-refractivity contribution in [3.8, 4) is 0 Å². The minimum atomic E-state index is -3.62. The molecule has 1 aliphatic rings. The fraction of sp³-hybridized carbons (Fsp3) is 0.308. The Kier molecular flexibility index (Phi) is 8.54. The molecule has 1 heterocycles. The normalized spacial score (nSPS) is 18.2. The van der Waals surface area contributed by atoms with Crippen molar-refractivity contribution in [1.29, 1.82) is 0 Å². The molecule has 3 aromatic rings. The predicted molar refractivity (Wildman–Crippen MR) is 142 cm³/mol. The van der Waals surface area contributed by atoms with Crippen LogP contribution in [-0.4, -0.2) is 51.6 Å². The fourth-order valence-electron chi connectivity index (χ4n) is 4.36. The number of benzene rings is 3. The monoisotopic (exact) mass is 575 g/mol. The first kappa shape index (κ1) is 24.3. The van der Waals surface area contributed by atoms with E-state index in [2.05, 4.69) is 73.9 Å². The Morgan fingerprint density at radius 1 is 0.939 bits per heavy atom. The second kappa shape index (κ2) is 11.6. The van der Waals surface area contributed by atoms with Crippen molar-refractivity contribution < 1.29 is 8.42 Å². The van der Waals surface area contributed by atoms with Gasteiger partial charge in [0.2, 0.25) is 10.0 Å². The Bertz CT molecular complexity index is 1110. The number of hydrogen-bond donors (Lipinski definition) is 2.